The van der Waals surface area contributed by atoms with E-state index in [2.05, 4.69) is 10.5 Å². The summed E-state index contributed by atoms with van der Waals surface area (Å²) >= 11 is -0.00416. The Bertz CT molecular complexity index is 522. The van der Waals surface area contributed by atoms with Gasteiger partial charge < -0.3 is 0 Å². The second kappa shape index (κ2) is 5.06. The fourth-order valence-electron chi connectivity index (χ4n) is 4.61. The number of cyclic esters (lactones) is 1. The zero-order chi connectivity index (χ0) is 15.5. The van der Waals surface area contributed by atoms with E-state index in [1.807, 2.05) is 6.92 Å². The van der Waals surface area contributed by atoms with E-state index in [0.29, 0.717) is 28.9 Å². The molecule has 6 atom stereocenters. The molecule has 124 valence electrons. The van der Waals surface area contributed by atoms with E-state index in [1.54, 1.807) is 0 Å². The Kier molecular flexibility index (Phi) is 3.49. The summed E-state index contributed by atoms with van der Waals surface area (Å²) in [7, 11) is 0. The van der Waals surface area contributed by atoms with Crippen molar-refractivity contribution in [2.45, 2.75) is 56.1 Å². The van der Waals surface area contributed by atoms with Gasteiger partial charge in [0.05, 0.1) is 0 Å². The van der Waals surface area contributed by atoms with Crippen LogP contribution in [0.5, 0.6) is 0 Å². The molecular formula is C16H23INO4-. The normalized spacial score (nSPS) is 45.3. The van der Waals surface area contributed by atoms with Gasteiger partial charge in [-0.25, -0.2) is 0 Å². The number of halogens is 1. The molecule has 1 N–H and O–H groups in total. The predicted octanol–water partition coefficient (Wildman–Crippen LogP) is -1.39. The van der Waals surface area contributed by atoms with Crippen molar-refractivity contribution in [3.8, 4) is 0 Å². The molecule has 6 heteroatoms. The number of esters is 2. The zero-order valence-corrected chi connectivity index (χ0v) is 15.2. The Labute approximate surface area is 141 Å². The molecule has 0 aromatic carbocycles. The average Bonchev–Trinajstić information content (AvgIpc) is 3.09. The molecular weight excluding hydrogens is 397 g/mol. The fourth-order valence-corrected chi connectivity index (χ4v) is 6.86. The minimum absolute atomic E-state index is 0.00416. The van der Waals surface area contributed by atoms with Gasteiger partial charge in [-0.05, 0) is 0 Å². The van der Waals surface area contributed by atoms with Gasteiger partial charge in [-0.3, -0.25) is 0 Å². The molecule has 2 aliphatic carbocycles. The Balaban J connectivity index is 1.41. The van der Waals surface area contributed by atoms with E-state index in [4.69, 9.17) is 9.47 Å². The minimum atomic E-state index is -0.348. The van der Waals surface area contributed by atoms with Gasteiger partial charge in [0.1, 0.15) is 0 Å². The van der Waals surface area contributed by atoms with E-state index in [-0.39, 0.29) is 50.4 Å². The van der Waals surface area contributed by atoms with Gasteiger partial charge in [0, 0.05) is 0 Å². The first kappa shape index (κ1) is 15.2. The summed E-state index contributed by atoms with van der Waals surface area (Å²) in [6.45, 7) is 4.69. The molecule has 0 aromatic rings. The van der Waals surface area contributed by atoms with Crippen molar-refractivity contribution in [3.63, 3.8) is 0 Å². The van der Waals surface area contributed by atoms with Gasteiger partial charge in [-0.15, -0.1) is 0 Å². The Morgan fingerprint density at radius 1 is 1.55 bits per heavy atom. The number of fused-ring (bicyclic) bond motifs is 3. The summed E-state index contributed by atoms with van der Waals surface area (Å²) in [6.07, 6.45) is 4.45. The summed E-state index contributed by atoms with van der Waals surface area (Å²) in [4.78, 5) is 24.1. The molecule has 2 aliphatic heterocycles. The van der Waals surface area contributed by atoms with E-state index >= 15 is 0 Å². The molecule has 2 bridgehead atoms. The van der Waals surface area contributed by atoms with Crippen molar-refractivity contribution in [1.29, 1.82) is 0 Å². The van der Waals surface area contributed by atoms with Crippen LogP contribution in [0.25, 0.3) is 0 Å². The predicted molar refractivity (Wildman–Crippen MR) is 74.0 cm³/mol. The molecule has 2 saturated heterocycles. The molecule has 2 saturated carbocycles. The van der Waals surface area contributed by atoms with Crippen molar-refractivity contribution in [3.05, 3.63) is 0 Å². The Morgan fingerprint density at radius 3 is 2.82 bits per heavy atom. The van der Waals surface area contributed by atoms with Gasteiger partial charge >= 0.3 is 141 Å². The third-order valence-electron chi connectivity index (χ3n) is 6.42. The third-order valence-corrected chi connectivity index (χ3v) is 9.04. The van der Waals surface area contributed by atoms with Crippen LogP contribution in [-0.2, 0) is 19.1 Å². The average molecular weight is 420 g/mol. The monoisotopic (exact) mass is 420 g/mol. The summed E-state index contributed by atoms with van der Waals surface area (Å²) in [5, 5.41) is 0. The molecule has 4 rings (SSSR count). The van der Waals surface area contributed by atoms with Crippen LogP contribution in [0.15, 0.2) is 0 Å². The molecule has 5 nitrogen and oxygen atoms in total. The van der Waals surface area contributed by atoms with Gasteiger partial charge in [0.2, 0.25) is 0 Å². The molecule has 0 amide bonds. The summed E-state index contributed by atoms with van der Waals surface area (Å²) in [5.74, 6) is 0.839. The second-order valence-corrected chi connectivity index (χ2v) is 10.1. The molecule has 0 aromatic heterocycles. The van der Waals surface area contributed by atoms with Gasteiger partial charge in [-0.2, -0.15) is 0 Å². The number of rotatable bonds is 4. The summed E-state index contributed by atoms with van der Waals surface area (Å²) < 4.78 is 14.9. The SMILES string of the molecule is CCC(C)(C(=O)OC1CC2CC1CC21COC(=O)C1)C1N[I-]1. The summed E-state index contributed by atoms with van der Waals surface area (Å²) in [5.41, 5.74) is -0.290. The Morgan fingerprint density at radius 2 is 2.32 bits per heavy atom. The van der Waals surface area contributed by atoms with Gasteiger partial charge in [0.15, 0.2) is 0 Å². The fraction of sp³-hybridized carbons (Fsp3) is 0.875. The van der Waals surface area contributed by atoms with Crippen molar-refractivity contribution in [2.75, 3.05) is 6.61 Å². The van der Waals surface area contributed by atoms with Crippen molar-refractivity contribution < 1.29 is 40.5 Å². The number of hydrogen-bond donors (Lipinski definition) is 1. The number of carbonyl (C=O) groups is 2. The molecule has 1 spiro atoms. The van der Waals surface area contributed by atoms with Crippen LogP contribution in [0, 0.1) is 22.7 Å². The van der Waals surface area contributed by atoms with E-state index in [1.165, 1.54) is 0 Å². The third kappa shape index (κ3) is 2.20. The van der Waals surface area contributed by atoms with Gasteiger partial charge in [-0.1, -0.05) is 0 Å². The van der Waals surface area contributed by atoms with Crippen molar-refractivity contribution in [1.82, 2.24) is 3.53 Å². The van der Waals surface area contributed by atoms with E-state index in [9.17, 15) is 9.59 Å². The van der Waals surface area contributed by atoms with Gasteiger partial charge in [0.25, 0.3) is 0 Å². The maximum atomic E-state index is 12.7. The van der Waals surface area contributed by atoms with Crippen LogP contribution < -0.4 is 25.0 Å². The number of alkyl halides is 1. The molecule has 0 radical (unpaired) electrons. The first-order chi connectivity index (χ1) is 10.5. The summed E-state index contributed by atoms with van der Waals surface area (Å²) in [6, 6.07) is 0. The van der Waals surface area contributed by atoms with Crippen molar-refractivity contribution >= 4 is 11.9 Å². The first-order valence-corrected chi connectivity index (χ1v) is 10.5. The molecule has 6 unspecified atom stereocenters. The molecule has 22 heavy (non-hydrogen) atoms. The number of carbonyl (C=O) groups excluding carboxylic acids is 2. The number of nitrogens with one attached hydrogen (secondary N) is 1. The number of hydrogen-bond acceptors (Lipinski definition) is 5. The quantitative estimate of drug-likeness (QED) is 0.152. The first-order valence-electron chi connectivity index (χ1n) is 8.21. The topological polar surface area (TPSA) is 74.5 Å². The number of ether oxygens (including phenoxy) is 2. The zero-order valence-electron chi connectivity index (χ0n) is 13.1. The van der Waals surface area contributed by atoms with E-state index in [0.717, 1.165) is 25.7 Å². The van der Waals surface area contributed by atoms with E-state index < -0.39 is 0 Å². The van der Waals surface area contributed by atoms with Crippen molar-refractivity contribution in [2.24, 2.45) is 22.7 Å². The molecule has 2 heterocycles. The Hall–Kier alpha value is -0.370. The molecule has 4 aliphatic rings. The van der Waals surface area contributed by atoms with Crippen LogP contribution in [0.4, 0.5) is 0 Å². The standard InChI is InChI=1S/C16H23INO4/c1-3-15(2,13-17-18-13)14(20)22-11-5-10-4-9(11)6-16(10)7-12(19)21-8-16/h9-11,13,18H,3-8H2,1-2H3/q-1. The second-order valence-electron chi connectivity index (χ2n) is 7.63. The van der Waals surface area contributed by atoms with Crippen LogP contribution in [-0.4, -0.2) is 28.7 Å². The molecule has 4 fully saturated rings. The van der Waals surface area contributed by atoms with Crippen LogP contribution >= 0.6 is 0 Å². The van der Waals surface area contributed by atoms with Crippen LogP contribution in [0.2, 0.25) is 0 Å². The van der Waals surface area contributed by atoms with Crippen LogP contribution in [0.1, 0.15) is 46.0 Å². The van der Waals surface area contributed by atoms with Crippen LogP contribution in [0.3, 0.4) is 0 Å². The maximum absolute atomic E-state index is 12.7.